The van der Waals surface area contributed by atoms with Crippen molar-refractivity contribution in [3.8, 4) is 0 Å². The summed E-state index contributed by atoms with van der Waals surface area (Å²) >= 11 is 0. The summed E-state index contributed by atoms with van der Waals surface area (Å²) in [5, 5.41) is 0. The molecular formula is C12H22N2O. The molecule has 1 unspecified atom stereocenters. The van der Waals surface area contributed by atoms with E-state index < -0.39 is 0 Å². The summed E-state index contributed by atoms with van der Waals surface area (Å²) in [7, 11) is 1.94. The van der Waals surface area contributed by atoms with Crippen molar-refractivity contribution in [2.45, 2.75) is 44.6 Å². The summed E-state index contributed by atoms with van der Waals surface area (Å²) in [6, 6.07) is 0.304. The molecule has 2 aliphatic rings. The van der Waals surface area contributed by atoms with Crippen molar-refractivity contribution in [1.82, 2.24) is 4.90 Å². The Morgan fingerprint density at radius 3 is 2.40 bits per heavy atom. The molecule has 0 aromatic heterocycles. The van der Waals surface area contributed by atoms with E-state index >= 15 is 0 Å². The third-order valence-electron chi connectivity index (χ3n) is 3.96. The first-order valence-corrected chi connectivity index (χ1v) is 6.20. The Kier molecular flexibility index (Phi) is 3.29. The molecule has 86 valence electrons. The summed E-state index contributed by atoms with van der Waals surface area (Å²) in [5.74, 6) is 1.32. The van der Waals surface area contributed by atoms with E-state index in [-0.39, 0.29) is 0 Å². The van der Waals surface area contributed by atoms with Crippen LogP contribution in [0.15, 0.2) is 0 Å². The van der Waals surface area contributed by atoms with Crippen molar-refractivity contribution in [2.75, 3.05) is 13.6 Å². The Balaban J connectivity index is 1.92. The number of amides is 1. The fraction of sp³-hybridized carbons (Fsp3) is 0.917. The first kappa shape index (κ1) is 10.9. The monoisotopic (exact) mass is 210 g/mol. The highest BCUT2D eigenvalue weighted by molar-refractivity contribution is 5.79. The predicted molar refractivity (Wildman–Crippen MR) is 60.3 cm³/mol. The molecule has 2 N–H and O–H groups in total. The molecular weight excluding hydrogens is 188 g/mol. The van der Waals surface area contributed by atoms with Gasteiger partial charge in [0.2, 0.25) is 5.91 Å². The summed E-state index contributed by atoms with van der Waals surface area (Å²) in [4.78, 5) is 14.1. The number of hydrogen-bond acceptors (Lipinski definition) is 2. The minimum absolute atomic E-state index is 0.294. The summed E-state index contributed by atoms with van der Waals surface area (Å²) in [6.07, 6.45) is 7.13. The number of carbonyl (C=O) groups excluding carboxylic acids is 1. The molecule has 2 saturated carbocycles. The maximum Gasteiger partial charge on any atom is 0.225 e. The zero-order valence-corrected chi connectivity index (χ0v) is 9.61. The quantitative estimate of drug-likeness (QED) is 0.762. The maximum atomic E-state index is 12.1. The topological polar surface area (TPSA) is 46.3 Å². The molecule has 2 fully saturated rings. The minimum atomic E-state index is 0.294. The molecule has 0 radical (unpaired) electrons. The highest BCUT2D eigenvalue weighted by Gasteiger charge is 2.37. The lowest BCUT2D eigenvalue weighted by Gasteiger charge is -2.29. The first-order chi connectivity index (χ1) is 7.24. The van der Waals surface area contributed by atoms with Gasteiger partial charge in [0, 0.05) is 25.6 Å². The summed E-state index contributed by atoms with van der Waals surface area (Å²) in [6.45, 7) is 0.625. The summed E-state index contributed by atoms with van der Waals surface area (Å²) < 4.78 is 0. The average molecular weight is 210 g/mol. The van der Waals surface area contributed by atoms with E-state index in [0.717, 1.165) is 12.8 Å². The molecule has 1 amide bonds. The normalized spacial score (nSPS) is 24.1. The lowest BCUT2D eigenvalue weighted by molar-refractivity contribution is -0.136. The number of rotatable bonds is 4. The number of carbonyl (C=O) groups is 1. The third-order valence-corrected chi connectivity index (χ3v) is 3.96. The highest BCUT2D eigenvalue weighted by Crippen LogP contribution is 2.36. The zero-order chi connectivity index (χ0) is 10.8. The molecule has 0 saturated heterocycles. The van der Waals surface area contributed by atoms with Crippen molar-refractivity contribution in [3.05, 3.63) is 0 Å². The molecule has 0 spiro atoms. The van der Waals surface area contributed by atoms with Crippen LogP contribution >= 0.6 is 0 Å². The van der Waals surface area contributed by atoms with E-state index in [1.165, 1.54) is 25.7 Å². The first-order valence-electron chi connectivity index (χ1n) is 6.20. The van der Waals surface area contributed by atoms with Gasteiger partial charge in [-0.05, 0) is 31.6 Å². The molecule has 3 nitrogen and oxygen atoms in total. The van der Waals surface area contributed by atoms with Gasteiger partial charge in [0.15, 0.2) is 0 Å². The van der Waals surface area contributed by atoms with E-state index in [0.29, 0.717) is 30.3 Å². The average Bonchev–Trinajstić information content (AvgIpc) is 2.93. The van der Waals surface area contributed by atoms with E-state index in [2.05, 4.69) is 0 Å². The van der Waals surface area contributed by atoms with Crippen molar-refractivity contribution < 1.29 is 4.79 Å². The molecule has 2 aliphatic carbocycles. The van der Waals surface area contributed by atoms with Crippen LogP contribution in [0.1, 0.15) is 38.5 Å². The molecule has 0 aliphatic heterocycles. The highest BCUT2D eigenvalue weighted by atomic mass is 16.2. The summed E-state index contributed by atoms with van der Waals surface area (Å²) in [5.41, 5.74) is 5.76. The Labute approximate surface area is 92.0 Å². The zero-order valence-electron chi connectivity index (χ0n) is 9.61. The lowest BCUT2D eigenvalue weighted by atomic mass is 10.0. The van der Waals surface area contributed by atoms with E-state index in [1.54, 1.807) is 0 Å². The van der Waals surface area contributed by atoms with Gasteiger partial charge in [-0.1, -0.05) is 12.8 Å². The van der Waals surface area contributed by atoms with Crippen LogP contribution in [0, 0.1) is 11.8 Å². The molecule has 0 aromatic carbocycles. The van der Waals surface area contributed by atoms with Gasteiger partial charge in [-0.25, -0.2) is 0 Å². The van der Waals surface area contributed by atoms with Crippen LogP contribution in [0.5, 0.6) is 0 Å². The lowest BCUT2D eigenvalue weighted by Crippen LogP contribution is -2.45. The number of nitrogens with two attached hydrogens (primary N) is 1. The Bertz CT molecular complexity index is 232. The van der Waals surface area contributed by atoms with Crippen molar-refractivity contribution in [3.63, 3.8) is 0 Å². The maximum absolute atomic E-state index is 12.1. The standard InChI is InChI=1S/C12H22N2O/c1-14(11(8-13)9-6-7-9)12(15)10-4-2-3-5-10/h9-11H,2-8,13H2,1H3. The smallest absolute Gasteiger partial charge is 0.225 e. The van der Waals surface area contributed by atoms with Crippen molar-refractivity contribution in [1.29, 1.82) is 0 Å². The van der Waals surface area contributed by atoms with Crippen molar-refractivity contribution in [2.24, 2.45) is 17.6 Å². The number of likely N-dealkylation sites (N-methyl/N-ethyl adjacent to an activating group) is 1. The Morgan fingerprint density at radius 1 is 1.33 bits per heavy atom. The van der Waals surface area contributed by atoms with Gasteiger partial charge >= 0.3 is 0 Å². The Hall–Kier alpha value is -0.570. The van der Waals surface area contributed by atoms with Crippen LogP contribution in [-0.2, 0) is 4.79 Å². The van der Waals surface area contributed by atoms with Gasteiger partial charge in [-0.3, -0.25) is 4.79 Å². The van der Waals surface area contributed by atoms with Gasteiger partial charge in [-0.2, -0.15) is 0 Å². The largest absolute Gasteiger partial charge is 0.341 e. The van der Waals surface area contributed by atoms with Gasteiger partial charge in [0.05, 0.1) is 0 Å². The molecule has 0 heterocycles. The van der Waals surface area contributed by atoms with Gasteiger partial charge in [0.1, 0.15) is 0 Å². The molecule has 0 bridgehead atoms. The van der Waals surface area contributed by atoms with Crippen molar-refractivity contribution >= 4 is 5.91 Å². The van der Waals surface area contributed by atoms with Crippen LogP contribution in [0.4, 0.5) is 0 Å². The molecule has 15 heavy (non-hydrogen) atoms. The fourth-order valence-electron chi connectivity index (χ4n) is 2.77. The second kappa shape index (κ2) is 4.52. The van der Waals surface area contributed by atoms with Crippen LogP contribution in [0.2, 0.25) is 0 Å². The fourth-order valence-corrected chi connectivity index (χ4v) is 2.77. The molecule has 0 aromatic rings. The van der Waals surface area contributed by atoms with Crippen LogP contribution in [0.25, 0.3) is 0 Å². The van der Waals surface area contributed by atoms with Gasteiger partial charge < -0.3 is 10.6 Å². The van der Waals surface area contributed by atoms with E-state index in [4.69, 9.17) is 5.73 Å². The number of hydrogen-bond donors (Lipinski definition) is 1. The Morgan fingerprint density at radius 2 is 1.93 bits per heavy atom. The third kappa shape index (κ3) is 2.33. The minimum Gasteiger partial charge on any atom is -0.341 e. The second-order valence-electron chi connectivity index (χ2n) is 5.07. The van der Waals surface area contributed by atoms with Gasteiger partial charge in [0.25, 0.3) is 0 Å². The van der Waals surface area contributed by atoms with E-state index in [1.807, 2.05) is 11.9 Å². The molecule has 2 rings (SSSR count). The second-order valence-corrected chi connectivity index (χ2v) is 5.07. The predicted octanol–water partition coefficient (Wildman–Crippen LogP) is 1.37. The van der Waals surface area contributed by atoms with Crippen LogP contribution in [0.3, 0.4) is 0 Å². The molecule has 1 atom stereocenters. The van der Waals surface area contributed by atoms with Gasteiger partial charge in [-0.15, -0.1) is 0 Å². The SMILES string of the molecule is CN(C(=O)C1CCCC1)C(CN)C1CC1. The number of nitrogens with zero attached hydrogens (tertiary/aromatic N) is 1. The van der Waals surface area contributed by atoms with Crippen LogP contribution < -0.4 is 5.73 Å². The van der Waals surface area contributed by atoms with Crippen LogP contribution in [-0.4, -0.2) is 30.4 Å². The van der Waals surface area contributed by atoms with E-state index in [9.17, 15) is 4.79 Å². The molecule has 3 heteroatoms.